The van der Waals surface area contributed by atoms with Crippen molar-refractivity contribution in [2.24, 2.45) is 11.7 Å². The molecule has 0 radical (unpaired) electrons. The molecule has 3 atom stereocenters. The lowest BCUT2D eigenvalue weighted by Gasteiger charge is -2.29. The first-order chi connectivity index (χ1) is 20.4. The predicted molar refractivity (Wildman–Crippen MR) is 157 cm³/mol. The van der Waals surface area contributed by atoms with Gasteiger partial charge in [0.05, 0.1) is 32.7 Å². The molecule has 0 saturated carbocycles. The SMILES string of the molecule is CCCCN(CCCCN)C(=O)CN1C[C@H](c2cc(OC)c3c(c2)OCO3)C(C(=O)O)[C@@H]1COc1ccccc1OC. The molecule has 4 rings (SSSR count). The molecule has 2 aliphatic heterocycles. The highest BCUT2D eigenvalue weighted by Crippen LogP contribution is 2.47. The van der Waals surface area contributed by atoms with Gasteiger partial charge in [0.15, 0.2) is 23.0 Å². The van der Waals surface area contributed by atoms with Gasteiger partial charge in [-0.15, -0.1) is 0 Å². The maximum absolute atomic E-state index is 13.7. The number of para-hydroxylation sites is 2. The van der Waals surface area contributed by atoms with Crippen LogP contribution in [0.2, 0.25) is 0 Å². The molecule has 0 aliphatic carbocycles. The Morgan fingerprint density at radius 2 is 1.79 bits per heavy atom. The molecule has 3 N–H and O–H groups in total. The highest BCUT2D eigenvalue weighted by atomic mass is 16.7. The van der Waals surface area contributed by atoms with Crippen molar-refractivity contribution in [1.29, 1.82) is 0 Å². The van der Waals surface area contributed by atoms with E-state index < -0.39 is 23.8 Å². The lowest BCUT2D eigenvalue weighted by atomic mass is 9.85. The molecular formula is C31H43N3O8. The van der Waals surface area contributed by atoms with E-state index in [4.69, 9.17) is 29.4 Å². The first-order valence-electron chi connectivity index (χ1n) is 14.6. The number of rotatable bonds is 16. The number of nitrogens with zero attached hydrogens (tertiary/aromatic N) is 2. The van der Waals surface area contributed by atoms with Gasteiger partial charge in [-0.1, -0.05) is 25.5 Å². The van der Waals surface area contributed by atoms with E-state index in [9.17, 15) is 14.7 Å². The molecule has 2 aromatic carbocycles. The first kappa shape index (κ1) is 31.2. The number of nitrogens with two attached hydrogens (primary N) is 1. The molecule has 1 amide bonds. The topological polar surface area (TPSA) is 133 Å². The van der Waals surface area contributed by atoms with Crippen LogP contribution < -0.4 is 29.4 Å². The van der Waals surface area contributed by atoms with E-state index in [1.807, 2.05) is 28.0 Å². The summed E-state index contributed by atoms with van der Waals surface area (Å²) in [5, 5.41) is 10.6. The van der Waals surface area contributed by atoms with E-state index in [1.165, 1.54) is 7.11 Å². The smallest absolute Gasteiger partial charge is 0.308 e. The number of benzene rings is 2. The number of hydrogen-bond acceptors (Lipinski definition) is 9. The molecule has 1 unspecified atom stereocenters. The number of fused-ring (bicyclic) bond motifs is 1. The minimum absolute atomic E-state index is 0.0316. The third-order valence-electron chi connectivity index (χ3n) is 7.98. The Morgan fingerprint density at radius 1 is 1.05 bits per heavy atom. The fourth-order valence-corrected chi connectivity index (χ4v) is 5.75. The van der Waals surface area contributed by atoms with Crippen LogP contribution in [0.25, 0.3) is 0 Å². The molecule has 11 heteroatoms. The summed E-state index contributed by atoms with van der Waals surface area (Å²) in [6, 6.07) is 10.3. The standard InChI is InChI=1S/C31H43N3O8/c1-4-5-13-33(14-9-8-12-32)28(35)18-34-17-22(21-15-26(39-3)30-27(16-21)41-20-42-30)29(31(36)37)23(34)19-40-25-11-7-6-10-24(25)38-2/h6-7,10-11,15-16,22-23,29H,4-5,8-9,12-14,17-20,32H2,1-3H3,(H,36,37)/t22-,23+,29?/m1/s1. The Balaban J connectivity index is 1.64. The molecule has 42 heavy (non-hydrogen) atoms. The summed E-state index contributed by atoms with van der Waals surface area (Å²) < 4.78 is 28.3. The molecule has 2 aliphatic rings. The molecule has 1 fully saturated rings. The second kappa shape index (κ2) is 15.0. The molecule has 0 aromatic heterocycles. The van der Waals surface area contributed by atoms with Crippen LogP contribution in [0.1, 0.15) is 44.1 Å². The van der Waals surface area contributed by atoms with Crippen molar-refractivity contribution in [2.45, 2.75) is 44.6 Å². The van der Waals surface area contributed by atoms with Gasteiger partial charge >= 0.3 is 5.97 Å². The van der Waals surface area contributed by atoms with Crippen LogP contribution in [0.5, 0.6) is 28.7 Å². The number of carbonyl (C=O) groups excluding carboxylic acids is 1. The number of amides is 1. The quantitative estimate of drug-likeness (QED) is 0.283. The van der Waals surface area contributed by atoms with Crippen molar-refractivity contribution >= 4 is 11.9 Å². The summed E-state index contributed by atoms with van der Waals surface area (Å²) in [7, 11) is 3.09. The molecule has 2 heterocycles. The summed E-state index contributed by atoms with van der Waals surface area (Å²) in [5.74, 6) is 0.231. The summed E-state index contributed by atoms with van der Waals surface area (Å²) in [5.41, 5.74) is 6.44. The van der Waals surface area contributed by atoms with Crippen LogP contribution in [-0.2, 0) is 9.59 Å². The number of ether oxygens (including phenoxy) is 5. The third-order valence-corrected chi connectivity index (χ3v) is 7.98. The van der Waals surface area contributed by atoms with Crippen molar-refractivity contribution in [3.8, 4) is 28.7 Å². The van der Waals surface area contributed by atoms with Gasteiger partial charge in [-0.25, -0.2) is 0 Å². The summed E-state index contributed by atoms with van der Waals surface area (Å²) in [4.78, 5) is 30.4. The zero-order valence-electron chi connectivity index (χ0n) is 24.8. The van der Waals surface area contributed by atoms with Crippen molar-refractivity contribution in [2.75, 3.05) is 60.3 Å². The van der Waals surface area contributed by atoms with Crippen LogP contribution in [0.4, 0.5) is 0 Å². The Morgan fingerprint density at radius 3 is 2.48 bits per heavy atom. The minimum atomic E-state index is -0.967. The average molecular weight is 586 g/mol. The zero-order valence-corrected chi connectivity index (χ0v) is 24.8. The number of unbranched alkanes of at least 4 members (excludes halogenated alkanes) is 2. The van der Waals surface area contributed by atoms with Gasteiger partial charge in [-0.2, -0.15) is 0 Å². The van der Waals surface area contributed by atoms with E-state index in [0.29, 0.717) is 54.9 Å². The van der Waals surface area contributed by atoms with Crippen molar-refractivity contribution < 1.29 is 38.4 Å². The molecule has 0 bridgehead atoms. The maximum Gasteiger partial charge on any atom is 0.308 e. The fourth-order valence-electron chi connectivity index (χ4n) is 5.75. The van der Waals surface area contributed by atoms with Crippen LogP contribution in [-0.4, -0.2) is 93.2 Å². The van der Waals surface area contributed by atoms with Crippen LogP contribution >= 0.6 is 0 Å². The van der Waals surface area contributed by atoms with Crippen LogP contribution in [0.3, 0.4) is 0 Å². The fraction of sp³-hybridized carbons (Fsp3) is 0.548. The highest BCUT2D eigenvalue weighted by molar-refractivity contribution is 5.79. The monoisotopic (exact) mass is 585 g/mol. The van der Waals surface area contributed by atoms with Gasteiger partial charge in [0.1, 0.15) is 6.61 Å². The Kier molecular flexibility index (Phi) is 11.1. The molecule has 11 nitrogen and oxygen atoms in total. The summed E-state index contributed by atoms with van der Waals surface area (Å²) in [6.45, 7) is 4.49. The van der Waals surface area contributed by atoms with E-state index in [0.717, 1.165) is 31.2 Å². The second-order valence-electron chi connectivity index (χ2n) is 10.6. The number of carbonyl (C=O) groups is 2. The zero-order chi connectivity index (χ0) is 30.1. The molecule has 0 spiro atoms. The Bertz CT molecular complexity index is 1210. The number of carboxylic acid groups (broad SMARTS) is 1. The third kappa shape index (κ3) is 7.19. The molecule has 230 valence electrons. The normalized spacial score (nSPS) is 19.5. The number of hydrogen-bond donors (Lipinski definition) is 2. The second-order valence-corrected chi connectivity index (χ2v) is 10.6. The Labute approximate surface area is 247 Å². The van der Waals surface area contributed by atoms with E-state index >= 15 is 0 Å². The summed E-state index contributed by atoms with van der Waals surface area (Å²) in [6.07, 6.45) is 3.52. The first-order valence-corrected chi connectivity index (χ1v) is 14.6. The largest absolute Gasteiger partial charge is 0.493 e. The van der Waals surface area contributed by atoms with Gasteiger partial charge in [-0.3, -0.25) is 14.5 Å². The van der Waals surface area contributed by atoms with E-state index in [2.05, 4.69) is 6.92 Å². The van der Waals surface area contributed by atoms with Crippen molar-refractivity contribution in [1.82, 2.24) is 9.80 Å². The maximum atomic E-state index is 13.7. The van der Waals surface area contributed by atoms with E-state index in [1.54, 1.807) is 25.3 Å². The number of methoxy groups -OCH3 is 2. The minimum Gasteiger partial charge on any atom is -0.493 e. The van der Waals surface area contributed by atoms with Gasteiger partial charge in [0.2, 0.25) is 18.4 Å². The number of likely N-dealkylation sites (tertiary alicyclic amines) is 1. The van der Waals surface area contributed by atoms with Crippen LogP contribution in [0, 0.1) is 5.92 Å². The average Bonchev–Trinajstić information content (AvgIpc) is 3.62. The van der Waals surface area contributed by atoms with Gasteiger partial charge < -0.3 is 39.4 Å². The Hall–Kier alpha value is -3.70. The van der Waals surface area contributed by atoms with Crippen molar-refractivity contribution in [3.05, 3.63) is 42.0 Å². The van der Waals surface area contributed by atoms with Gasteiger partial charge in [0, 0.05) is 25.6 Å². The lowest BCUT2D eigenvalue weighted by Crippen LogP contribution is -2.46. The lowest BCUT2D eigenvalue weighted by molar-refractivity contribution is -0.144. The highest BCUT2D eigenvalue weighted by Gasteiger charge is 2.48. The van der Waals surface area contributed by atoms with Gasteiger partial charge in [-0.05, 0) is 55.6 Å². The summed E-state index contributed by atoms with van der Waals surface area (Å²) >= 11 is 0. The van der Waals surface area contributed by atoms with Gasteiger partial charge in [0.25, 0.3) is 0 Å². The number of aliphatic carboxylic acids is 1. The van der Waals surface area contributed by atoms with E-state index in [-0.39, 0.29) is 25.9 Å². The number of carboxylic acids is 1. The molecule has 1 saturated heterocycles. The predicted octanol–water partition coefficient (Wildman–Crippen LogP) is 3.35. The molecule has 2 aromatic rings. The van der Waals surface area contributed by atoms with Crippen molar-refractivity contribution in [3.63, 3.8) is 0 Å². The molecular weight excluding hydrogens is 542 g/mol. The van der Waals surface area contributed by atoms with Crippen LogP contribution in [0.15, 0.2) is 36.4 Å².